The van der Waals surface area contributed by atoms with E-state index >= 15 is 0 Å². The fourth-order valence-electron chi connectivity index (χ4n) is 1.64. The van der Waals surface area contributed by atoms with Gasteiger partial charge in [-0.2, -0.15) is 5.26 Å². The summed E-state index contributed by atoms with van der Waals surface area (Å²) in [5, 5.41) is 9.19. The SMILES string of the molecule is CSc1cccc(Oc2ccc(C)c(F)c2)c1C#N. The first-order chi connectivity index (χ1) is 9.15. The van der Waals surface area contributed by atoms with Crippen LogP contribution in [-0.4, -0.2) is 6.26 Å². The van der Waals surface area contributed by atoms with Crippen molar-refractivity contribution in [1.29, 1.82) is 5.26 Å². The average molecular weight is 273 g/mol. The number of aryl methyl sites for hydroxylation is 1. The number of nitriles is 1. The zero-order valence-corrected chi connectivity index (χ0v) is 11.4. The number of halogens is 1. The van der Waals surface area contributed by atoms with Crippen LogP contribution >= 0.6 is 11.8 Å². The lowest BCUT2D eigenvalue weighted by atomic mass is 10.2. The summed E-state index contributed by atoms with van der Waals surface area (Å²) in [7, 11) is 0. The summed E-state index contributed by atoms with van der Waals surface area (Å²) in [5.41, 5.74) is 1.03. The molecule has 2 rings (SSSR count). The second-order valence-electron chi connectivity index (χ2n) is 3.96. The number of thioether (sulfide) groups is 1. The Morgan fingerprint density at radius 3 is 2.68 bits per heavy atom. The number of rotatable bonds is 3. The maximum absolute atomic E-state index is 13.5. The third-order valence-electron chi connectivity index (χ3n) is 2.69. The van der Waals surface area contributed by atoms with Gasteiger partial charge in [-0.3, -0.25) is 0 Å². The van der Waals surface area contributed by atoms with Crippen LogP contribution in [0.3, 0.4) is 0 Å². The molecule has 0 spiro atoms. The molecule has 19 heavy (non-hydrogen) atoms. The molecule has 2 nitrogen and oxygen atoms in total. The molecule has 2 aromatic carbocycles. The Hall–Kier alpha value is -1.99. The third-order valence-corrected chi connectivity index (χ3v) is 3.47. The van der Waals surface area contributed by atoms with Gasteiger partial charge in [-0.15, -0.1) is 11.8 Å². The van der Waals surface area contributed by atoms with Gasteiger partial charge in [0.1, 0.15) is 28.9 Å². The smallest absolute Gasteiger partial charge is 0.146 e. The van der Waals surface area contributed by atoms with E-state index in [0.717, 1.165) is 4.90 Å². The molecule has 2 aromatic rings. The Morgan fingerprint density at radius 1 is 1.26 bits per heavy atom. The lowest BCUT2D eigenvalue weighted by Crippen LogP contribution is -1.91. The van der Waals surface area contributed by atoms with Crippen molar-refractivity contribution < 1.29 is 9.13 Å². The zero-order valence-electron chi connectivity index (χ0n) is 10.6. The van der Waals surface area contributed by atoms with E-state index in [0.29, 0.717) is 22.6 Å². The van der Waals surface area contributed by atoms with Gasteiger partial charge in [0, 0.05) is 11.0 Å². The highest BCUT2D eigenvalue weighted by Crippen LogP contribution is 2.31. The molecule has 0 saturated heterocycles. The zero-order chi connectivity index (χ0) is 13.8. The van der Waals surface area contributed by atoms with Gasteiger partial charge < -0.3 is 4.74 Å². The first kappa shape index (κ1) is 13.4. The average Bonchev–Trinajstić information content (AvgIpc) is 2.42. The second kappa shape index (κ2) is 5.77. The van der Waals surface area contributed by atoms with Gasteiger partial charge in [0.15, 0.2) is 0 Å². The minimum Gasteiger partial charge on any atom is -0.456 e. The number of hydrogen-bond donors (Lipinski definition) is 0. The van der Waals surface area contributed by atoms with E-state index in [1.807, 2.05) is 18.4 Å². The Bertz CT molecular complexity index is 649. The van der Waals surface area contributed by atoms with Crippen molar-refractivity contribution in [2.75, 3.05) is 6.26 Å². The fourth-order valence-corrected chi connectivity index (χ4v) is 2.21. The van der Waals surface area contributed by atoms with E-state index in [9.17, 15) is 9.65 Å². The quantitative estimate of drug-likeness (QED) is 0.771. The van der Waals surface area contributed by atoms with Crippen LogP contribution < -0.4 is 4.74 Å². The molecule has 0 bridgehead atoms. The topological polar surface area (TPSA) is 33.0 Å². The van der Waals surface area contributed by atoms with Crippen LogP contribution in [-0.2, 0) is 0 Å². The van der Waals surface area contributed by atoms with Crippen LogP contribution in [0.5, 0.6) is 11.5 Å². The molecule has 0 aliphatic carbocycles. The van der Waals surface area contributed by atoms with E-state index in [4.69, 9.17) is 4.74 Å². The lowest BCUT2D eigenvalue weighted by molar-refractivity contribution is 0.473. The van der Waals surface area contributed by atoms with Crippen LogP contribution in [0, 0.1) is 24.1 Å². The second-order valence-corrected chi connectivity index (χ2v) is 4.81. The molecule has 0 amide bonds. The largest absolute Gasteiger partial charge is 0.456 e. The molecule has 0 heterocycles. The van der Waals surface area contributed by atoms with Crippen molar-refractivity contribution in [2.24, 2.45) is 0 Å². The van der Waals surface area contributed by atoms with Crippen molar-refractivity contribution >= 4 is 11.8 Å². The Kier molecular flexibility index (Phi) is 4.08. The summed E-state index contributed by atoms with van der Waals surface area (Å²) in [4.78, 5) is 0.840. The van der Waals surface area contributed by atoms with Gasteiger partial charge in [0.2, 0.25) is 0 Å². The van der Waals surface area contributed by atoms with Crippen molar-refractivity contribution in [2.45, 2.75) is 11.8 Å². The summed E-state index contributed by atoms with van der Waals surface area (Å²) in [6.07, 6.45) is 1.89. The molecule has 0 aliphatic rings. The van der Waals surface area contributed by atoms with Gasteiger partial charge in [-0.1, -0.05) is 12.1 Å². The monoisotopic (exact) mass is 273 g/mol. The predicted octanol–water partition coefficient (Wildman–Crippen LogP) is 4.52. The summed E-state index contributed by atoms with van der Waals surface area (Å²) in [5.74, 6) is 0.507. The first-order valence-electron chi connectivity index (χ1n) is 5.67. The highest BCUT2D eigenvalue weighted by Gasteiger charge is 2.10. The van der Waals surface area contributed by atoms with Gasteiger partial charge in [0.25, 0.3) is 0 Å². The highest BCUT2D eigenvalue weighted by atomic mass is 32.2. The molecule has 4 heteroatoms. The summed E-state index contributed by atoms with van der Waals surface area (Å²) >= 11 is 1.47. The molecular weight excluding hydrogens is 261 g/mol. The van der Waals surface area contributed by atoms with E-state index in [-0.39, 0.29) is 5.82 Å². The van der Waals surface area contributed by atoms with E-state index in [1.165, 1.54) is 17.8 Å². The fraction of sp³-hybridized carbons (Fsp3) is 0.133. The van der Waals surface area contributed by atoms with Crippen molar-refractivity contribution in [3.63, 3.8) is 0 Å². The van der Waals surface area contributed by atoms with Crippen molar-refractivity contribution in [1.82, 2.24) is 0 Å². The van der Waals surface area contributed by atoms with Crippen LogP contribution in [0.1, 0.15) is 11.1 Å². The molecular formula is C15H12FNOS. The summed E-state index contributed by atoms with van der Waals surface area (Å²) in [6.45, 7) is 1.69. The van der Waals surface area contributed by atoms with Crippen molar-refractivity contribution in [3.8, 4) is 17.6 Å². The molecule has 0 N–H and O–H groups in total. The predicted molar refractivity (Wildman–Crippen MR) is 74.1 cm³/mol. The number of ether oxygens (including phenoxy) is 1. The number of nitrogens with zero attached hydrogens (tertiary/aromatic N) is 1. The Balaban J connectivity index is 2.38. The molecule has 0 aromatic heterocycles. The van der Waals surface area contributed by atoms with E-state index in [1.54, 1.807) is 25.1 Å². The van der Waals surface area contributed by atoms with Crippen LogP contribution in [0.15, 0.2) is 41.3 Å². The maximum atomic E-state index is 13.5. The maximum Gasteiger partial charge on any atom is 0.146 e. The lowest BCUT2D eigenvalue weighted by Gasteiger charge is -2.10. The van der Waals surface area contributed by atoms with Gasteiger partial charge in [-0.25, -0.2) is 4.39 Å². The molecule has 0 unspecified atom stereocenters. The highest BCUT2D eigenvalue weighted by molar-refractivity contribution is 7.98. The molecule has 0 atom stereocenters. The van der Waals surface area contributed by atoms with Crippen LogP contribution in [0.25, 0.3) is 0 Å². The minimum atomic E-state index is -0.322. The van der Waals surface area contributed by atoms with Gasteiger partial charge in [0.05, 0.1) is 0 Å². The molecule has 0 radical (unpaired) electrons. The summed E-state index contributed by atoms with van der Waals surface area (Å²) < 4.78 is 19.1. The standard InChI is InChI=1S/C15H12FNOS/c1-10-6-7-11(8-13(10)16)18-14-4-3-5-15(19-2)12(14)9-17/h3-8H,1-2H3. The number of hydrogen-bond acceptors (Lipinski definition) is 3. The first-order valence-corrected chi connectivity index (χ1v) is 6.89. The van der Waals surface area contributed by atoms with Crippen LogP contribution in [0.4, 0.5) is 4.39 Å². The third kappa shape index (κ3) is 2.88. The van der Waals surface area contributed by atoms with E-state index in [2.05, 4.69) is 6.07 Å². The molecule has 96 valence electrons. The van der Waals surface area contributed by atoms with Gasteiger partial charge >= 0.3 is 0 Å². The molecule has 0 aliphatic heterocycles. The number of benzene rings is 2. The molecule has 0 fully saturated rings. The minimum absolute atomic E-state index is 0.322. The van der Waals surface area contributed by atoms with Crippen molar-refractivity contribution in [3.05, 3.63) is 53.3 Å². The summed E-state index contributed by atoms with van der Waals surface area (Å²) in [6, 6.07) is 12.1. The normalized spacial score (nSPS) is 10.0. The Labute approximate surface area is 115 Å². The Morgan fingerprint density at radius 2 is 2.05 bits per heavy atom. The van der Waals surface area contributed by atoms with Crippen LogP contribution in [0.2, 0.25) is 0 Å². The molecule has 0 saturated carbocycles. The van der Waals surface area contributed by atoms with Gasteiger partial charge in [-0.05, 0) is 36.9 Å². The van der Waals surface area contributed by atoms with E-state index < -0.39 is 0 Å².